The van der Waals surface area contributed by atoms with Crippen molar-refractivity contribution in [3.05, 3.63) is 72.1 Å². The Morgan fingerprint density at radius 3 is 2.18 bits per heavy atom. The third-order valence-electron chi connectivity index (χ3n) is 6.36. The highest BCUT2D eigenvalue weighted by Gasteiger charge is 2.19. The van der Waals surface area contributed by atoms with Crippen molar-refractivity contribution >= 4 is 42.3 Å². The topological polar surface area (TPSA) is 115 Å². The first-order chi connectivity index (χ1) is 17.8. The van der Waals surface area contributed by atoms with Crippen molar-refractivity contribution in [2.24, 2.45) is 0 Å². The minimum absolute atomic E-state index is 0.00374. The van der Waals surface area contributed by atoms with Crippen molar-refractivity contribution in [3.8, 4) is 11.1 Å². The van der Waals surface area contributed by atoms with Gasteiger partial charge in [-0.25, -0.2) is 21.8 Å². The van der Waals surface area contributed by atoms with E-state index in [9.17, 15) is 21.6 Å². The van der Waals surface area contributed by atoms with Crippen LogP contribution >= 0.6 is 0 Å². The van der Waals surface area contributed by atoms with Crippen LogP contribution in [0.2, 0.25) is 0 Å². The summed E-state index contributed by atoms with van der Waals surface area (Å²) in [6, 6.07) is 17.2. The van der Waals surface area contributed by atoms with E-state index in [1.165, 1.54) is 6.92 Å². The summed E-state index contributed by atoms with van der Waals surface area (Å²) in [5.74, 6) is 0.623. The van der Waals surface area contributed by atoms with Gasteiger partial charge in [0, 0.05) is 31.3 Å². The van der Waals surface area contributed by atoms with Crippen molar-refractivity contribution in [3.63, 3.8) is 0 Å². The van der Waals surface area contributed by atoms with E-state index in [1.54, 1.807) is 49.4 Å². The second-order valence-corrected chi connectivity index (χ2v) is 13.9. The molecule has 38 heavy (non-hydrogen) atoms. The first kappa shape index (κ1) is 27.5. The second kappa shape index (κ2) is 10.3. The Kier molecular flexibility index (Phi) is 7.49. The van der Waals surface area contributed by atoms with Gasteiger partial charge in [-0.3, -0.25) is 4.79 Å². The molecule has 1 amide bonds. The fraction of sp³-hybridized carbons (Fsp3) is 0.286. The number of hydrogen-bond donors (Lipinski definition) is 1. The van der Waals surface area contributed by atoms with E-state index < -0.39 is 19.7 Å². The second-order valence-electron chi connectivity index (χ2n) is 9.57. The molecule has 0 aliphatic rings. The van der Waals surface area contributed by atoms with Crippen LogP contribution in [-0.4, -0.2) is 44.3 Å². The molecule has 0 radical (unpaired) electrons. The number of nitrogens with one attached hydrogen (secondary N) is 1. The van der Waals surface area contributed by atoms with Gasteiger partial charge in [-0.15, -0.1) is 0 Å². The van der Waals surface area contributed by atoms with Crippen molar-refractivity contribution < 1.29 is 21.6 Å². The Balaban J connectivity index is 1.85. The largest absolute Gasteiger partial charge is 0.326 e. The lowest BCUT2D eigenvalue weighted by molar-refractivity contribution is -0.114. The Bertz CT molecular complexity index is 1740. The third kappa shape index (κ3) is 5.66. The Labute approximate surface area is 223 Å². The van der Waals surface area contributed by atoms with E-state index in [1.807, 2.05) is 18.2 Å². The number of sulfone groups is 2. The number of carbonyl (C=O) groups is 1. The van der Waals surface area contributed by atoms with Crippen LogP contribution in [0.15, 0.2) is 70.5 Å². The molecule has 1 N–H and O–H groups in total. The zero-order valence-corrected chi connectivity index (χ0v) is 23.7. The maximum absolute atomic E-state index is 12.4. The van der Waals surface area contributed by atoms with Crippen molar-refractivity contribution in [1.82, 2.24) is 9.55 Å². The lowest BCUT2D eigenvalue weighted by Crippen LogP contribution is -2.09. The van der Waals surface area contributed by atoms with E-state index >= 15 is 0 Å². The number of imidazole rings is 1. The lowest BCUT2D eigenvalue weighted by Gasteiger charge is -2.16. The molecule has 0 aliphatic heterocycles. The zero-order valence-electron chi connectivity index (χ0n) is 22.0. The highest BCUT2D eigenvalue weighted by atomic mass is 32.2. The van der Waals surface area contributed by atoms with Gasteiger partial charge < -0.3 is 9.88 Å². The molecule has 0 saturated carbocycles. The molecular weight excluding hydrogens is 522 g/mol. The number of anilines is 1. The molecule has 4 rings (SSSR count). The van der Waals surface area contributed by atoms with Crippen LogP contribution < -0.4 is 5.32 Å². The summed E-state index contributed by atoms with van der Waals surface area (Å²) in [6.07, 6.45) is 1.57. The average Bonchev–Trinajstić information content (AvgIpc) is 3.20. The highest BCUT2D eigenvalue weighted by Crippen LogP contribution is 2.32. The van der Waals surface area contributed by atoms with E-state index in [0.29, 0.717) is 23.2 Å². The van der Waals surface area contributed by atoms with Gasteiger partial charge in [0.2, 0.25) is 5.91 Å². The molecule has 0 atom stereocenters. The maximum atomic E-state index is 12.4. The van der Waals surface area contributed by atoms with E-state index in [-0.39, 0.29) is 27.5 Å². The average molecular weight is 554 g/mol. The number of hydrogen-bond acceptors (Lipinski definition) is 6. The van der Waals surface area contributed by atoms with Crippen LogP contribution in [0.1, 0.15) is 45.1 Å². The molecule has 0 aliphatic carbocycles. The third-order valence-corrected chi connectivity index (χ3v) is 9.22. The van der Waals surface area contributed by atoms with Gasteiger partial charge in [-0.2, -0.15) is 0 Å². The van der Waals surface area contributed by atoms with Crippen LogP contribution in [0.25, 0.3) is 22.2 Å². The summed E-state index contributed by atoms with van der Waals surface area (Å²) < 4.78 is 51.4. The predicted octanol–water partition coefficient (Wildman–Crippen LogP) is 5.03. The number of nitrogens with zero attached hydrogens (tertiary/aromatic N) is 2. The van der Waals surface area contributed by atoms with Gasteiger partial charge >= 0.3 is 0 Å². The number of aromatic nitrogens is 2. The van der Waals surface area contributed by atoms with Gasteiger partial charge in [0.05, 0.1) is 26.6 Å². The Morgan fingerprint density at radius 2 is 1.61 bits per heavy atom. The maximum Gasteiger partial charge on any atom is 0.221 e. The van der Waals surface area contributed by atoms with Gasteiger partial charge in [-0.1, -0.05) is 25.1 Å². The first-order valence-corrected chi connectivity index (χ1v) is 15.8. The number of rotatable bonds is 8. The molecule has 0 saturated heterocycles. The number of fused-ring (bicyclic) bond motifs is 1. The normalized spacial score (nSPS) is 12.3. The van der Waals surface area contributed by atoms with Crippen LogP contribution in [-0.2, 0) is 30.9 Å². The zero-order chi connectivity index (χ0) is 27.8. The molecule has 200 valence electrons. The summed E-state index contributed by atoms with van der Waals surface area (Å²) in [5, 5.41) is 2.81. The van der Waals surface area contributed by atoms with Crippen LogP contribution in [0.5, 0.6) is 0 Å². The Morgan fingerprint density at radius 1 is 0.947 bits per heavy atom. The molecule has 0 bridgehead atoms. The summed E-state index contributed by atoms with van der Waals surface area (Å²) in [6.45, 7) is 7.16. The summed E-state index contributed by atoms with van der Waals surface area (Å²) in [5.41, 5.74) is 4.59. The summed E-state index contributed by atoms with van der Waals surface area (Å²) in [4.78, 5) is 16.8. The van der Waals surface area contributed by atoms with E-state index in [0.717, 1.165) is 28.7 Å². The predicted molar refractivity (Wildman–Crippen MR) is 150 cm³/mol. The number of carbonyl (C=O) groups excluding carboxylic acids is 1. The fourth-order valence-electron chi connectivity index (χ4n) is 4.51. The quantitative estimate of drug-likeness (QED) is 0.327. The first-order valence-electron chi connectivity index (χ1n) is 12.2. The molecule has 0 unspecified atom stereocenters. The molecule has 0 spiro atoms. The summed E-state index contributed by atoms with van der Waals surface area (Å²) in [7, 11) is -6.83. The molecule has 10 heteroatoms. The molecule has 8 nitrogen and oxygen atoms in total. The fourth-order valence-corrected chi connectivity index (χ4v) is 6.04. The molecule has 1 aromatic heterocycles. The van der Waals surface area contributed by atoms with E-state index in [4.69, 9.17) is 4.98 Å². The number of benzene rings is 3. The minimum atomic E-state index is -3.47. The van der Waals surface area contributed by atoms with Crippen LogP contribution in [0, 0.1) is 0 Å². The lowest BCUT2D eigenvalue weighted by atomic mass is 9.97. The van der Waals surface area contributed by atoms with Crippen LogP contribution in [0.4, 0.5) is 5.69 Å². The van der Waals surface area contributed by atoms with Gasteiger partial charge in [-0.05, 0) is 73.0 Å². The molecule has 1 heterocycles. The Hall–Kier alpha value is -3.50. The highest BCUT2D eigenvalue weighted by molar-refractivity contribution is 7.91. The SMILES string of the molecule is CCS(=O)(=O)c1ccc(-c2cc(S(C)(=O)=O)ccc2Cc2nc3ccc(NC(C)=O)cc3n2C(C)C)cc1. The van der Waals surface area contributed by atoms with Crippen molar-refractivity contribution in [1.29, 1.82) is 0 Å². The minimum Gasteiger partial charge on any atom is -0.326 e. The molecule has 4 aromatic rings. The molecular formula is C28H31N3O5S2. The van der Waals surface area contributed by atoms with Crippen molar-refractivity contribution in [2.45, 2.75) is 49.9 Å². The van der Waals surface area contributed by atoms with Crippen LogP contribution in [0.3, 0.4) is 0 Å². The van der Waals surface area contributed by atoms with E-state index in [2.05, 4.69) is 23.7 Å². The molecule has 0 fully saturated rings. The smallest absolute Gasteiger partial charge is 0.221 e. The standard InChI is InChI=1S/C28H31N3O5S2/c1-6-38(35,36)23-11-7-20(8-12-23)25-17-24(37(5,33)34)13-9-21(25)15-28-30-26-14-10-22(29-19(4)32)16-27(26)31(28)18(2)3/h7-14,16-18H,6,15H2,1-5H3,(H,29,32). The van der Waals surface area contributed by atoms with Gasteiger partial charge in [0.1, 0.15) is 5.82 Å². The van der Waals surface area contributed by atoms with Gasteiger partial charge in [0.15, 0.2) is 19.7 Å². The van der Waals surface area contributed by atoms with Gasteiger partial charge in [0.25, 0.3) is 0 Å². The molecule has 3 aromatic carbocycles. The summed E-state index contributed by atoms with van der Waals surface area (Å²) >= 11 is 0. The number of amides is 1. The monoisotopic (exact) mass is 553 g/mol. The van der Waals surface area contributed by atoms with Crippen molar-refractivity contribution in [2.75, 3.05) is 17.3 Å².